The lowest BCUT2D eigenvalue weighted by Gasteiger charge is -2.40. The van der Waals surface area contributed by atoms with Crippen molar-refractivity contribution in [2.75, 3.05) is 6.54 Å². The molecule has 1 saturated carbocycles. The van der Waals surface area contributed by atoms with E-state index in [-0.39, 0.29) is 0 Å². The highest BCUT2D eigenvalue weighted by molar-refractivity contribution is 8.00. The van der Waals surface area contributed by atoms with Crippen molar-refractivity contribution in [1.29, 1.82) is 0 Å². The molecule has 0 heterocycles. The van der Waals surface area contributed by atoms with Crippen molar-refractivity contribution < 1.29 is 0 Å². The van der Waals surface area contributed by atoms with Gasteiger partial charge >= 0.3 is 0 Å². The van der Waals surface area contributed by atoms with Crippen LogP contribution in [-0.2, 0) is 6.42 Å². The molecule has 1 aliphatic carbocycles. The second-order valence-electron chi connectivity index (χ2n) is 4.34. The fourth-order valence-corrected chi connectivity index (χ4v) is 3.31. The molecule has 1 nitrogen and oxygen atoms in total. The summed E-state index contributed by atoms with van der Waals surface area (Å²) in [5.41, 5.74) is 7.26. The summed E-state index contributed by atoms with van der Waals surface area (Å²) >= 11 is 1.97. The Hall–Kier alpha value is -0.470. The standard InChI is InChI=1S/C13H19NS/c1-2-11-4-6-12(7-5-11)15-13(10-14)8-3-9-13/h4-7H,2-3,8-10,14H2,1H3. The van der Waals surface area contributed by atoms with Crippen molar-refractivity contribution in [3.63, 3.8) is 0 Å². The second-order valence-corrected chi connectivity index (χ2v) is 5.88. The molecular weight excluding hydrogens is 202 g/mol. The lowest BCUT2D eigenvalue weighted by atomic mass is 9.84. The van der Waals surface area contributed by atoms with E-state index in [1.807, 2.05) is 11.8 Å². The van der Waals surface area contributed by atoms with Crippen molar-refractivity contribution in [3.8, 4) is 0 Å². The topological polar surface area (TPSA) is 26.0 Å². The largest absolute Gasteiger partial charge is 0.329 e. The lowest BCUT2D eigenvalue weighted by Crippen LogP contribution is -2.40. The molecule has 0 atom stereocenters. The Morgan fingerprint density at radius 3 is 2.33 bits per heavy atom. The van der Waals surface area contributed by atoms with E-state index in [4.69, 9.17) is 5.73 Å². The maximum atomic E-state index is 5.85. The van der Waals surface area contributed by atoms with E-state index < -0.39 is 0 Å². The molecule has 2 rings (SSSR count). The smallest absolute Gasteiger partial charge is 0.0329 e. The fourth-order valence-electron chi connectivity index (χ4n) is 1.96. The number of nitrogens with two attached hydrogens (primary N) is 1. The van der Waals surface area contributed by atoms with Gasteiger partial charge in [-0.05, 0) is 37.0 Å². The second kappa shape index (κ2) is 4.58. The van der Waals surface area contributed by atoms with Crippen LogP contribution in [0.5, 0.6) is 0 Å². The van der Waals surface area contributed by atoms with E-state index in [0.29, 0.717) is 4.75 Å². The van der Waals surface area contributed by atoms with Crippen LogP contribution in [-0.4, -0.2) is 11.3 Å². The van der Waals surface area contributed by atoms with Crippen LogP contribution in [0.3, 0.4) is 0 Å². The predicted octanol–water partition coefficient (Wildman–Crippen LogP) is 3.22. The normalized spacial score (nSPS) is 18.5. The Labute approximate surface area is 96.4 Å². The van der Waals surface area contributed by atoms with Gasteiger partial charge in [-0.2, -0.15) is 0 Å². The first-order valence-corrected chi connectivity index (χ1v) is 6.58. The summed E-state index contributed by atoms with van der Waals surface area (Å²) in [6.07, 6.45) is 5.03. The van der Waals surface area contributed by atoms with Gasteiger partial charge in [0.25, 0.3) is 0 Å². The Morgan fingerprint density at radius 2 is 1.93 bits per heavy atom. The summed E-state index contributed by atoms with van der Waals surface area (Å²) < 4.78 is 0.355. The van der Waals surface area contributed by atoms with Gasteiger partial charge in [0.05, 0.1) is 0 Å². The van der Waals surface area contributed by atoms with E-state index in [9.17, 15) is 0 Å². The van der Waals surface area contributed by atoms with Crippen LogP contribution < -0.4 is 5.73 Å². The van der Waals surface area contributed by atoms with Gasteiger partial charge in [-0.3, -0.25) is 0 Å². The summed E-state index contributed by atoms with van der Waals surface area (Å²) in [5.74, 6) is 0. The Morgan fingerprint density at radius 1 is 1.27 bits per heavy atom. The molecule has 1 aliphatic rings. The summed E-state index contributed by atoms with van der Waals surface area (Å²) in [6.45, 7) is 3.00. The van der Waals surface area contributed by atoms with E-state index in [1.54, 1.807) is 0 Å². The number of rotatable bonds is 4. The third-order valence-electron chi connectivity index (χ3n) is 3.30. The average Bonchev–Trinajstić information content (AvgIpc) is 2.24. The lowest BCUT2D eigenvalue weighted by molar-refractivity contribution is 0.371. The minimum Gasteiger partial charge on any atom is -0.329 e. The minimum atomic E-state index is 0.355. The molecule has 2 heteroatoms. The zero-order chi connectivity index (χ0) is 10.7. The monoisotopic (exact) mass is 221 g/mol. The van der Waals surface area contributed by atoms with Crippen LogP contribution in [0, 0.1) is 0 Å². The molecule has 0 unspecified atom stereocenters. The number of hydrogen-bond donors (Lipinski definition) is 1. The van der Waals surface area contributed by atoms with Crippen molar-refractivity contribution in [2.45, 2.75) is 42.2 Å². The first-order valence-electron chi connectivity index (χ1n) is 5.76. The summed E-state index contributed by atoms with van der Waals surface area (Å²) in [4.78, 5) is 1.37. The number of thioether (sulfide) groups is 1. The van der Waals surface area contributed by atoms with Crippen molar-refractivity contribution in [3.05, 3.63) is 29.8 Å². The number of hydrogen-bond acceptors (Lipinski definition) is 2. The van der Waals surface area contributed by atoms with Crippen LogP contribution >= 0.6 is 11.8 Å². The Kier molecular flexibility index (Phi) is 3.37. The van der Waals surface area contributed by atoms with Crippen LogP contribution in [0.25, 0.3) is 0 Å². The average molecular weight is 221 g/mol. The fraction of sp³-hybridized carbons (Fsp3) is 0.538. The highest BCUT2D eigenvalue weighted by atomic mass is 32.2. The summed E-state index contributed by atoms with van der Waals surface area (Å²) in [6, 6.07) is 8.93. The van der Waals surface area contributed by atoms with Gasteiger partial charge in [-0.25, -0.2) is 0 Å². The maximum Gasteiger partial charge on any atom is 0.0329 e. The molecule has 15 heavy (non-hydrogen) atoms. The molecule has 0 aromatic heterocycles. The van der Waals surface area contributed by atoms with Crippen LogP contribution in [0.1, 0.15) is 31.7 Å². The third kappa shape index (κ3) is 2.37. The molecule has 0 saturated heterocycles. The molecule has 0 radical (unpaired) electrons. The van der Waals surface area contributed by atoms with E-state index >= 15 is 0 Å². The van der Waals surface area contributed by atoms with Crippen molar-refractivity contribution in [1.82, 2.24) is 0 Å². The first-order chi connectivity index (χ1) is 7.28. The molecule has 2 N–H and O–H groups in total. The van der Waals surface area contributed by atoms with Gasteiger partial charge in [-0.1, -0.05) is 25.5 Å². The summed E-state index contributed by atoms with van der Waals surface area (Å²) in [5, 5.41) is 0. The quantitative estimate of drug-likeness (QED) is 0.845. The molecule has 1 aromatic carbocycles. The van der Waals surface area contributed by atoms with Crippen molar-refractivity contribution in [2.24, 2.45) is 5.73 Å². The van der Waals surface area contributed by atoms with Gasteiger partial charge in [0.2, 0.25) is 0 Å². The van der Waals surface area contributed by atoms with Crippen LogP contribution in [0.2, 0.25) is 0 Å². The molecule has 0 aliphatic heterocycles. The van der Waals surface area contributed by atoms with Gasteiger partial charge in [-0.15, -0.1) is 11.8 Å². The molecule has 82 valence electrons. The van der Waals surface area contributed by atoms with Gasteiger partial charge < -0.3 is 5.73 Å². The zero-order valence-electron chi connectivity index (χ0n) is 9.33. The Balaban J connectivity index is 2.03. The molecule has 0 amide bonds. The number of benzene rings is 1. The van der Waals surface area contributed by atoms with E-state index in [1.165, 1.54) is 29.7 Å². The van der Waals surface area contributed by atoms with Crippen LogP contribution in [0.4, 0.5) is 0 Å². The van der Waals surface area contributed by atoms with E-state index in [0.717, 1.165) is 13.0 Å². The highest BCUT2D eigenvalue weighted by Crippen LogP contribution is 2.46. The minimum absolute atomic E-state index is 0.355. The predicted molar refractivity (Wildman–Crippen MR) is 67.3 cm³/mol. The first kappa shape index (κ1) is 11.0. The third-order valence-corrected chi connectivity index (χ3v) is 4.82. The highest BCUT2D eigenvalue weighted by Gasteiger charge is 2.36. The SMILES string of the molecule is CCc1ccc(SC2(CN)CCC2)cc1. The number of aryl methyl sites for hydroxylation is 1. The van der Waals surface area contributed by atoms with Gasteiger partial charge in [0, 0.05) is 16.2 Å². The Bertz CT molecular complexity index is 308. The van der Waals surface area contributed by atoms with Gasteiger partial charge in [0.15, 0.2) is 0 Å². The van der Waals surface area contributed by atoms with Gasteiger partial charge in [0.1, 0.15) is 0 Å². The molecule has 1 aromatic rings. The zero-order valence-corrected chi connectivity index (χ0v) is 10.1. The molecule has 1 fully saturated rings. The maximum absolute atomic E-state index is 5.85. The van der Waals surface area contributed by atoms with Crippen LogP contribution in [0.15, 0.2) is 29.2 Å². The summed E-state index contributed by atoms with van der Waals surface area (Å²) in [7, 11) is 0. The molecular formula is C13H19NS. The molecule has 0 bridgehead atoms. The molecule has 0 spiro atoms. The van der Waals surface area contributed by atoms with Crippen molar-refractivity contribution >= 4 is 11.8 Å². The van der Waals surface area contributed by atoms with E-state index in [2.05, 4.69) is 31.2 Å².